The van der Waals surface area contributed by atoms with Crippen molar-refractivity contribution in [2.75, 3.05) is 10.6 Å². The molecule has 6 nitrogen and oxygen atoms in total. The topological polar surface area (TPSA) is 78.5 Å². The summed E-state index contributed by atoms with van der Waals surface area (Å²) in [5.74, 6) is 1.85. The Hall–Kier alpha value is -2.72. The van der Waals surface area contributed by atoms with Gasteiger partial charge < -0.3 is 0 Å². The Kier molecular flexibility index (Phi) is 9.67. The maximum Gasteiger partial charge on any atom is 0.317 e. The standard InChI is InChI=1S/C16H17ClFNOS.C3H4F2N2O2/c1-12-8-9-13(15(18)10-12)11-19(21(2,3)20)16-7-5-4-6-14(16)17;4-2(5)3(9)7-6-1-8/h4-10H,2,11H2,1,3H3;1-2H,(H,6,8)(H,7,9). The fourth-order valence-corrected chi connectivity index (χ4v) is 3.45. The molecule has 0 fully saturated rings. The summed E-state index contributed by atoms with van der Waals surface area (Å²) in [6.07, 6.45) is -1.50. The summed E-state index contributed by atoms with van der Waals surface area (Å²) in [5.41, 5.74) is 4.88. The summed E-state index contributed by atoms with van der Waals surface area (Å²) >= 11 is 6.17. The van der Waals surface area contributed by atoms with Crippen molar-refractivity contribution < 1.29 is 27.0 Å². The zero-order chi connectivity index (χ0) is 22.9. The summed E-state index contributed by atoms with van der Waals surface area (Å²) in [7, 11) is -2.58. The lowest BCUT2D eigenvalue weighted by Crippen LogP contribution is -2.39. The number of carbonyl (C=O) groups is 2. The highest BCUT2D eigenvalue weighted by atomic mass is 35.5. The molecule has 11 heteroatoms. The molecule has 0 saturated heterocycles. The Bertz CT molecular complexity index is 988. The van der Waals surface area contributed by atoms with Gasteiger partial charge in [0.1, 0.15) is 5.82 Å². The molecule has 0 aliphatic heterocycles. The molecule has 0 spiro atoms. The van der Waals surface area contributed by atoms with Crippen molar-refractivity contribution in [3.05, 3.63) is 64.4 Å². The van der Waals surface area contributed by atoms with Gasteiger partial charge in [0, 0.05) is 21.5 Å². The number of halogens is 4. The minimum Gasteiger partial charge on any atom is -0.294 e. The third-order valence-corrected chi connectivity index (χ3v) is 5.14. The predicted octanol–water partition coefficient (Wildman–Crippen LogP) is 3.08. The van der Waals surface area contributed by atoms with E-state index in [0.29, 0.717) is 16.3 Å². The van der Waals surface area contributed by atoms with Gasteiger partial charge in [-0.3, -0.25) is 24.7 Å². The van der Waals surface area contributed by atoms with Gasteiger partial charge in [-0.15, -0.1) is 0 Å². The van der Waals surface area contributed by atoms with Gasteiger partial charge in [0.05, 0.1) is 17.3 Å². The highest BCUT2D eigenvalue weighted by Gasteiger charge is 2.18. The van der Waals surface area contributed by atoms with Crippen LogP contribution in [0.25, 0.3) is 0 Å². The molecule has 1 unspecified atom stereocenters. The second-order valence-corrected chi connectivity index (χ2v) is 8.86. The highest BCUT2D eigenvalue weighted by Crippen LogP contribution is 2.29. The van der Waals surface area contributed by atoms with Gasteiger partial charge >= 0.3 is 12.3 Å². The molecule has 0 bridgehead atoms. The Labute approximate surface area is 178 Å². The maximum absolute atomic E-state index is 14.0. The van der Waals surface area contributed by atoms with Crippen molar-refractivity contribution in [2.45, 2.75) is 19.9 Å². The lowest BCUT2D eigenvalue weighted by Gasteiger charge is -2.27. The summed E-state index contributed by atoms with van der Waals surface area (Å²) in [6, 6.07) is 12.0. The molecular weight excluding hydrogens is 443 g/mol. The van der Waals surface area contributed by atoms with E-state index in [1.165, 1.54) is 17.7 Å². The van der Waals surface area contributed by atoms with Crippen LogP contribution in [0.15, 0.2) is 42.5 Å². The number of nitrogens with one attached hydrogen (secondary N) is 2. The van der Waals surface area contributed by atoms with E-state index in [0.717, 1.165) is 5.56 Å². The molecule has 30 heavy (non-hydrogen) atoms. The van der Waals surface area contributed by atoms with Crippen LogP contribution >= 0.6 is 11.6 Å². The molecular formula is C19H21ClF3N3O3S. The smallest absolute Gasteiger partial charge is 0.294 e. The van der Waals surface area contributed by atoms with Gasteiger partial charge in [-0.05, 0) is 36.6 Å². The van der Waals surface area contributed by atoms with Gasteiger partial charge in [0.2, 0.25) is 6.41 Å². The fourth-order valence-electron chi connectivity index (χ4n) is 2.17. The number of nitrogens with zero attached hydrogens (tertiary/aromatic N) is 1. The number of para-hydroxylation sites is 1. The number of amides is 2. The third kappa shape index (κ3) is 7.96. The normalized spacial score (nSPS) is 12.2. The van der Waals surface area contributed by atoms with E-state index in [4.69, 9.17) is 11.6 Å². The number of rotatable bonds is 7. The molecule has 2 rings (SSSR count). The second-order valence-electron chi connectivity index (χ2n) is 6.09. The van der Waals surface area contributed by atoms with E-state index in [2.05, 4.69) is 5.87 Å². The first-order valence-corrected chi connectivity index (χ1v) is 10.8. The Balaban J connectivity index is 0.000000424. The van der Waals surface area contributed by atoms with Gasteiger partial charge in [0.15, 0.2) is 0 Å². The molecule has 2 amide bonds. The third-order valence-electron chi connectivity index (χ3n) is 3.56. The molecule has 2 N–H and O–H groups in total. The van der Waals surface area contributed by atoms with E-state index in [1.807, 2.05) is 13.0 Å². The first kappa shape index (κ1) is 25.3. The van der Waals surface area contributed by atoms with E-state index < -0.39 is 22.0 Å². The first-order valence-electron chi connectivity index (χ1n) is 8.34. The maximum atomic E-state index is 14.0. The minimum absolute atomic E-state index is 0.0836. The quantitative estimate of drug-likeness (QED) is 0.376. The van der Waals surface area contributed by atoms with Crippen molar-refractivity contribution in [1.29, 1.82) is 0 Å². The molecule has 0 aromatic heterocycles. The molecule has 0 aliphatic rings. The van der Waals surface area contributed by atoms with Crippen LogP contribution in [-0.2, 0) is 25.8 Å². The predicted molar refractivity (Wildman–Crippen MR) is 113 cm³/mol. The summed E-state index contributed by atoms with van der Waals surface area (Å²) in [5, 5.41) is 0.461. The number of hydrazine groups is 1. The molecule has 2 aromatic rings. The van der Waals surface area contributed by atoms with Gasteiger partial charge in [0.25, 0.3) is 0 Å². The van der Waals surface area contributed by atoms with Gasteiger partial charge in [-0.1, -0.05) is 35.9 Å². The van der Waals surface area contributed by atoms with Crippen LogP contribution in [0.5, 0.6) is 0 Å². The van der Waals surface area contributed by atoms with Crippen LogP contribution in [0.2, 0.25) is 5.02 Å². The summed E-state index contributed by atoms with van der Waals surface area (Å²) < 4.78 is 50.4. The Morgan fingerprint density at radius 3 is 2.43 bits per heavy atom. The molecule has 0 saturated carbocycles. The lowest BCUT2D eigenvalue weighted by atomic mass is 10.1. The van der Waals surface area contributed by atoms with Gasteiger partial charge in [-0.2, -0.15) is 8.78 Å². The molecule has 0 aliphatic carbocycles. The van der Waals surface area contributed by atoms with E-state index >= 15 is 0 Å². The van der Waals surface area contributed by atoms with Crippen LogP contribution in [0.3, 0.4) is 0 Å². The molecule has 2 aromatic carbocycles. The second kappa shape index (κ2) is 11.5. The Morgan fingerprint density at radius 1 is 1.30 bits per heavy atom. The van der Waals surface area contributed by atoms with Crippen molar-refractivity contribution in [3.63, 3.8) is 0 Å². The monoisotopic (exact) mass is 463 g/mol. The number of benzene rings is 2. The van der Waals surface area contributed by atoms with Crippen molar-refractivity contribution in [3.8, 4) is 0 Å². The zero-order valence-electron chi connectivity index (χ0n) is 16.2. The largest absolute Gasteiger partial charge is 0.317 e. The van der Waals surface area contributed by atoms with Crippen LogP contribution < -0.4 is 15.2 Å². The first-order chi connectivity index (χ1) is 14.0. The van der Waals surface area contributed by atoms with E-state index in [1.54, 1.807) is 40.1 Å². The molecule has 1 atom stereocenters. The lowest BCUT2D eigenvalue weighted by molar-refractivity contribution is -0.134. The fraction of sp³-hybridized carbons (Fsp3) is 0.211. The Morgan fingerprint density at radius 2 is 1.93 bits per heavy atom. The van der Waals surface area contributed by atoms with Crippen molar-refractivity contribution >= 4 is 45.2 Å². The average molecular weight is 464 g/mol. The SMILES string of the molecule is C=S(C)(=O)N(Cc1ccc(C)cc1F)c1ccccc1Cl.O=CNNC(=O)C(F)F. The number of alkyl halides is 2. The number of anilines is 1. The number of hydrogen-bond donors (Lipinski definition) is 2. The van der Waals surface area contributed by atoms with Crippen molar-refractivity contribution in [2.24, 2.45) is 0 Å². The van der Waals surface area contributed by atoms with Crippen LogP contribution in [0.4, 0.5) is 18.9 Å². The van der Waals surface area contributed by atoms with Crippen molar-refractivity contribution in [1.82, 2.24) is 10.9 Å². The summed E-state index contributed by atoms with van der Waals surface area (Å²) in [4.78, 5) is 19.2. The van der Waals surface area contributed by atoms with E-state index in [9.17, 15) is 27.0 Å². The number of aryl methyl sites for hydroxylation is 1. The number of hydrogen-bond acceptors (Lipinski definition) is 3. The molecule has 0 heterocycles. The number of carbonyl (C=O) groups excluding carboxylic acids is 2. The van der Waals surface area contributed by atoms with Crippen LogP contribution in [-0.4, -0.2) is 35.1 Å². The zero-order valence-corrected chi connectivity index (χ0v) is 17.8. The van der Waals surface area contributed by atoms with Crippen LogP contribution in [0.1, 0.15) is 11.1 Å². The van der Waals surface area contributed by atoms with Gasteiger partial charge in [-0.25, -0.2) is 8.60 Å². The average Bonchev–Trinajstić information content (AvgIpc) is 2.66. The molecule has 164 valence electrons. The summed E-state index contributed by atoms with van der Waals surface area (Å²) in [6.45, 7) is 1.97. The minimum atomic E-state index is -3.10. The molecule has 0 radical (unpaired) electrons. The van der Waals surface area contributed by atoms with Crippen LogP contribution in [0, 0.1) is 12.7 Å². The van der Waals surface area contributed by atoms with E-state index in [-0.39, 0.29) is 18.8 Å². The highest BCUT2D eigenvalue weighted by molar-refractivity contribution is 8.00.